The molecule has 0 unspecified atom stereocenters. The normalized spacial score (nSPS) is 9.06. The number of nitrogens with one attached hydrogen (secondary N) is 1. The summed E-state index contributed by atoms with van der Waals surface area (Å²) in [7, 11) is 0. The zero-order valence-electron chi connectivity index (χ0n) is 9.01. The Morgan fingerprint density at radius 1 is 1.65 bits per heavy atom. The van der Waals surface area contributed by atoms with Crippen molar-refractivity contribution in [2.75, 3.05) is 11.9 Å². The summed E-state index contributed by atoms with van der Waals surface area (Å²) in [4.78, 5) is 14.0. The van der Waals surface area contributed by atoms with Crippen molar-refractivity contribution in [3.63, 3.8) is 0 Å². The Bertz CT molecular complexity index is 499. The first-order valence-corrected chi connectivity index (χ1v) is 4.91. The van der Waals surface area contributed by atoms with Gasteiger partial charge in [0.25, 0.3) is 0 Å². The third kappa shape index (κ3) is 3.47. The molecule has 0 aliphatic rings. The van der Waals surface area contributed by atoms with Gasteiger partial charge in [-0.3, -0.25) is 10.1 Å². The number of terminal acetylenes is 1. The maximum atomic E-state index is 10.8. The summed E-state index contributed by atoms with van der Waals surface area (Å²) in [5, 5.41) is 22.2. The maximum Gasteiger partial charge on any atom is 0.312 e. The molecule has 1 aromatic heterocycles. The predicted octanol–water partition coefficient (Wildman–Crippen LogP) is 1.69. The van der Waals surface area contributed by atoms with Crippen LogP contribution in [0.4, 0.5) is 11.5 Å². The molecule has 0 aromatic carbocycles. The van der Waals surface area contributed by atoms with E-state index >= 15 is 0 Å². The number of unbranched alkanes of at least 4 members (excludes halogenated alkanes) is 1. The number of nitro groups is 1. The summed E-state index contributed by atoms with van der Waals surface area (Å²) in [6.45, 7) is 0.504. The zero-order valence-corrected chi connectivity index (χ0v) is 9.01. The van der Waals surface area contributed by atoms with Crippen LogP contribution in [0.3, 0.4) is 0 Å². The first-order chi connectivity index (χ1) is 8.19. The summed E-state index contributed by atoms with van der Waals surface area (Å²) in [5.41, 5.74) is -0.0457. The van der Waals surface area contributed by atoms with Crippen molar-refractivity contribution >= 4 is 11.5 Å². The number of rotatable bonds is 5. The first kappa shape index (κ1) is 12.5. The minimum atomic E-state index is -0.572. The lowest BCUT2D eigenvalue weighted by Gasteiger charge is -2.04. The molecule has 0 atom stereocenters. The molecule has 1 aromatic rings. The summed E-state index contributed by atoms with van der Waals surface area (Å²) >= 11 is 0. The Balaban J connectivity index is 2.81. The fourth-order valence-corrected chi connectivity index (χ4v) is 1.19. The molecule has 1 rings (SSSR count). The van der Waals surface area contributed by atoms with Crippen LogP contribution >= 0.6 is 0 Å². The van der Waals surface area contributed by atoms with Crippen molar-refractivity contribution in [1.82, 2.24) is 4.98 Å². The van der Waals surface area contributed by atoms with Crippen LogP contribution in [0.1, 0.15) is 18.4 Å². The molecule has 0 bridgehead atoms. The minimum absolute atomic E-state index is 0.158. The molecular formula is C11H10N4O2. The standard InChI is InChI=1S/C11H10N4O2/c1-2-3-4-5-13-11-10(15(16)17)6-9(7-12)8-14-11/h1,6,8H,3-5H2,(H,13,14). The van der Waals surface area contributed by atoms with Crippen molar-refractivity contribution in [3.8, 4) is 18.4 Å². The molecule has 1 heterocycles. The molecule has 1 N–H and O–H groups in total. The molecule has 0 spiro atoms. The Morgan fingerprint density at radius 2 is 2.41 bits per heavy atom. The lowest BCUT2D eigenvalue weighted by Crippen LogP contribution is -2.06. The largest absolute Gasteiger partial charge is 0.364 e. The van der Waals surface area contributed by atoms with E-state index in [4.69, 9.17) is 11.7 Å². The van der Waals surface area contributed by atoms with Crippen LogP contribution in [0.2, 0.25) is 0 Å². The molecule has 0 saturated heterocycles. The monoisotopic (exact) mass is 230 g/mol. The van der Waals surface area contributed by atoms with E-state index in [0.717, 1.165) is 0 Å². The van der Waals surface area contributed by atoms with E-state index < -0.39 is 4.92 Å². The van der Waals surface area contributed by atoms with Crippen LogP contribution in [-0.2, 0) is 0 Å². The lowest BCUT2D eigenvalue weighted by atomic mass is 10.2. The predicted molar refractivity (Wildman–Crippen MR) is 62.2 cm³/mol. The van der Waals surface area contributed by atoms with Gasteiger partial charge in [-0.15, -0.1) is 12.3 Å². The molecule has 0 radical (unpaired) electrons. The highest BCUT2D eigenvalue weighted by atomic mass is 16.6. The number of hydrogen-bond acceptors (Lipinski definition) is 5. The van der Waals surface area contributed by atoms with Gasteiger partial charge in [-0.25, -0.2) is 4.98 Å². The van der Waals surface area contributed by atoms with Crippen molar-refractivity contribution in [3.05, 3.63) is 27.9 Å². The average Bonchev–Trinajstić information content (AvgIpc) is 2.34. The average molecular weight is 230 g/mol. The highest BCUT2D eigenvalue weighted by molar-refractivity contribution is 5.58. The Labute approximate surface area is 98.4 Å². The van der Waals surface area contributed by atoms with Gasteiger partial charge in [0.1, 0.15) is 6.07 Å². The van der Waals surface area contributed by atoms with Gasteiger partial charge in [-0.05, 0) is 6.42 Å². The number of hydrogen-bond donors (Lipinski definition) is 1. The summed E-state index contributed by atoms with van der Waals surface area (Å²) < 4.78 is 0. The summed E-state index contributed by atoms with van der Waals surface area (Å²) in [6, 6.07) is 3.00. The van der Waals surface area contributed by atoms with Gasteiger partial charge in [-0.2, -0.15) is 5.26 Å². The van der Waals surface area contributed by atoms with E-state index in [1.54, 1.807) is 6.07 Å². The quantitative estimate of drug-likeness (QED) is 0.359. The molecule has 17 heavy (non-hydrogen) atoms. The Morgan fingerprint density at radius 3 is 3.00 bits per heavy atom. The van der Waals surface area contributed by atoms with Gasteiger partial charge in [0.2, 0.25) is 5.82 Å². The van der Waals surface area contributed by atoms with Gasteiger partial charge in [0.15, 0.2) is 0 Å². The second-order valence-corrected chi connectivity index (χ2v) is 3.20. The van der Waals surface area contributed by atoms with E-state index in [1.807, 2.05) is 0 Å². The summed E-state index contributed by atoms with van der Waals surface area (Å²) in [5.74, 6) is 2.63. The second-order valence-electron chi connectivity index (χ2n) is 3.20. The van der Waals surface area contributed by atoms with E-state index in [2.05, 4.69) is 16.2 Å². The molecule has 0 aliphatic heterocycles. The van der Waals surface area contributed by atoms with Crippen LogP contribution in [0.25, 0.3) is 0 Å². The third-order valence-electron chi connectivity index (χ3n) is 1.98. The molecule has 6 heteroatoms. The number of anilines is 1. The van der Waals surface area contributed by atoms with E-state index in [-0.39, 0.29) is 17.1 Å². The number of aromatic nitrogens is 1. The Hall–Kier alpha value is -2.60. The highest BCUT2D eigenvalue weighted by Crippen LogP contribution is 2.22. The van der Waals surface area contributed by atoms with E-state index in [9.17, 15) is 10.1 Å². The second kappa shape index (κ2) is 6.09. The van der Waals surface area contributed by atoms with Crippen LogP contribution < -0.4 is 5.32 Å². The summed E-state index contributed by atoms with van der Waals surface area (Å²) in [6.07, 6.45) is 7.67. The van der Waals surface area contributed by atoms with Crippen molar-refractivity contribution in [2.45, 2.75) is 12.8 Å². The number of nitrogens with zero attached hydrogens (tertiary/aromatic N) is 3. The van der Waals surface area contributed by atoms with Crippen molar-refractivity contribution in [2.24, 2.45) is 0 Å². The highest BCUT2D eigenvalue weighted by Gasteiger charge is 2.15. The molecule has 0 amide bonds. The molecule has 0 saturated carbocycles. The molecule has 0 aliphatic carbocycles. The fourth-order valence-electron chi connectivity index (χ4n) is 1.19. The van der Waals surface area contributed by atoms with E-state index in [1.165, 1.54) is 12.3 Å². The number of nitriles is 1. The minimum Gasteiger partial charge on any atom is -0.364 e. The maximum absolute atomic E-state index is 10.8. The van der Waals surface area contributed by atoms with Crippen molar-refractivity contribution in [1.29, 1.82) is 5.26 Å². The Kier molecular flexibility index (Phi) is 4.46. The van der Waals surface area contributed by atoms with Crippen molar-refractivity contribution < 1.29 is 4.92 Å². The van der Waals surface area contributed by atoms with Gasteiger partial charge < -0.3 is 5.32 Å². The van der Waals surface area contributed by atoms with Crippen LogP contribution in [-0.4, -0.2) is 16.5 Å². The van der Waals surface area contributed by atoms with Gasteiger partial charge in [0, 0.05) is 25.2 Å². The van der Waals surface area contributed by atoms with Gasteiger partial charge in [-0.1, -0.05) is 0 Å². The smallest absolute Gasteiger partial charge is 0.312 e. The molecule has 6 nitrogen and oxygen atoms in total. The van der Waals surface area contributed by atoms with Crippen LogP contribution in [0, 0.1) is 33.8 Å². The zero-order chi connectivity index (χ0) is 12.7. The SMILES string of the molecule is C#CCCCNc1ncc(C#N)cc1[N+](=O)[O-]. The van der Waals surface area contributed by atoms with Gasteiger partial charge in [0.05, 0.1) is 10.5 Å². The molecular weight excluding hydrogens is 220 g/mol. The third-order valence-corrected chi connectivity index (χ3v) is 1.98. The topological polar surface area (TPSA) is 91.8 Å². The van der Waals surface area contributed by atoms with Crippen LogP contribution in [0.15, 0.2) is 12.3 Å². The van der Waals surface area contributed by atoms with Crippen LogP contribution in [0.5, 0.6) is 0 Å². The molecule has 0 fully saturated rings. The first-order valence-electron chi connectivity index (χ1n) is 4.91. The fraction of sp³-hybridized carbons (Fsp3) is 0.273. The number of pyridine rings is 1. The lowest BCUT2D eigenvalue weighted by molar-refractivity contribution is -0.384. The van der Waals surface area contributed by atoms with E-state index in [0.29, 0.717) is 19.4 Å². The van der Waals surface area contributed by atoms with Gasteiger partial charge >= 0.3 is 5.69 Å². The molecule has 86 valence electrons.